The van der Waals surface area contributed by atoms with Crippen molar-refractivity contribution in [1.29, 1.82) is 0 Å². The molecule has 2 nitrogen and oxygen atoms in total. The number of hydrogen-bond acceptors (Lipinski definition) is 2. The molecule has 0 radical (unpaired) electrons. The van der Waals surface area contributed by atoms with Crippen LogP contribution >= 0.6 is 0 Å². The van der Waals surface area contributed by atoms with Gasteiger partial charge in [0.1, 0.15) is 0 Å². The molecule has 0 aliphatic carbocycles. The Hall–Kier alpha value is -0.340. The van der Waals surface area contributed by atoms with E-state index < -0.39 is 0 Å². The second-order valence-electron chi connectivity index (χ2n) is 3.91. The molecule has 0 bridgehead atoms. The first kappa shape index (κ1) is 10.7. The molecule has 0 aromatic carbocycles. The third-order valence-electron chi connectivity index (χ3n) is 2.67. The zero-order valence-corrected chi connectivity index (χ0v) is 8.97. The van der Waals surface area contributed by atoms with E-state index in [-0.39, 0.29) is 0 Å². The minimum absolute atomic E-state index is 1.16. The summed E-state index contributed by atoms with van der Waals surface area (Å²) in [6, 6.07) is 0. The highest BCUT2D eigenvalue weighted by atomic mass is 15.1. The predicted molar refractivity (Wildman–Crippen MR) is 58.0 cm³/mol. The molecule has 0 fully saturated rings. The van der Waals surface area contributed by atoms with Gasteiger partial charge >= 0.3 is 0 Å². The van der Waals surface area contributed by atoms with E-state index in [0.29, 0.717) is 0 Å². The Balaban J connectivity index is 2.03. The lowest BCUT2D eigenvalue weighted by Gasteiger charge is -2.24. The monoisotopic (exact) mass is 182 g/mol. The molecule has 0 aromatic heterocycles. The fraction of sp³-hybridized carbons (Fsp3) is 0.818. The van der Waals surface area contributed by atoms with Crippen molar-refractivity contribution in [2.45, 2.75) is 26.2 Å². The Kier molecular flexibility index (Phi) is 5.09. The summed E-state index contributed by atoms with van der Waals surface area (Å²) in [5.41, 5.74) is 1.56. The highest BCUT2D eigenvalue weighted by Gasteiger charge is 2.07. The van der Waals surface area contributed by atoms with Gasteiger partial charge in [0.25, 0.3) is 0 Å². The molecule has 0 unspecified atom stereocenters. The van der Waals surface area contributed by atoms with Crippen LogP contribution in [0.3, 0.4) is 0 Å². The summed E-state index contributed by atoms with van der Waals surface area (Å²) in [5.74, 6) is 0. The van der Waals surface area contributed by atoms with Crippen molar-refractivity contribution in [2.24, 2.45) is 0 Å². The Labute approximate surface area is 82.0 Å². The van der Waals surface area contributed by atoms with E-state index in [1.54, 1.807) is 5.57 Å². The normalized spacial score (nSPS) is 18.8. The van der Waals surface area contributed by atoms with Crippen LogP contribution in [0.25, 0.3) is 0 Å². The molecule has 2 heteroatoms. The Morgan fingerprint density at radius 2 is 2.31 bits per heavy atom. The van der Waals surface area contributed by atoms with E-state index >= 15 is 0 Å². The van der Waals surface area contributed by atoms with Crippen molar-refractivity contribution in [3.8, 4) is 0 Å². The molecule has 0 saturated heterocycles. The standard InChI is InChI=1S/C11H22N2/c1-11-5-9-13(10-6-11)8-4-3-7-12-2/h5,12H,3-4,6-10H2,1-2H3. The summed E-state index contributed by atoms with van der Waals surface area (Å²) < 4.78 is 0. The number of nitrogens with zero attached hydrogens (tertiary/aromatic N) is 1. The summed E-state index contributed by atoms with van der Waals surface area (Å²) in [5, 5.41) is 3.18. The Morgan fingerprint density at radius 1 is 1.46 bits per heavy atom. The first-order chi connectivity index (χ1) is 6.33. The van der Waals surface area contributed by atoms with E-state index in [2.05, 4.69) is 23.2 Å². The summed E-state index contributed by atoms with van der Waals surface area (Å²) in [7, 11) is 2.02. The molecule has 0 aromatic rings. The van der Waals surface area contributed by atoms with E-state index in [4.69, 9.17) is 0 Å². The predicted octanol–water partition coefficient (Wildman–Crippen LogP) is 1.64. The summed E-state index contributed by atoms with van der Waals surface area (Å²) in [6.07, 6.45) is 6.26. The van der Waals surface area contributed by atoms with Crippen LogP contribution in [0.15, 0.2) is 11.6 Å². The van der Waals surface area contributed by atoms with Gasteiger partial charge in [-0.05, 0) is 46.3 Å². The van der Waals surface area contributed by atoms with Crippen LogP contribution in [-0.4, -0.2) is 38.1 Å². The molecule has 0 spiro atoms. The quantitative estimate of drug-likeness (QED) is 0.513. The van der Waals surface area contributed by atoms with E-state index in [9.17, 15) is 0 Å². The van der Waals surface area contributed by atoms with Gasteiger partial charge in [-0.2, -0.15) is 0 Å². The van der Waals surface area contributed by atoms with Gasteiger partial charge in [0.15, 0.2) is 0 Å². The van der Waals surface area contributed by atoms with Crippen molar-refractivity contribution in [2.75, 3.05) is 33.2 Å². The van der Waals surface area contributed by atoms with Gasteiger partial charge < -0.3 is 5.32 Å². The third kappa shape index (κ3) is 4.44. The highest BCUT2D eigenvalue weighted by Crippen LogP contribution is 2.09. The Bertz CT molecular complexity index is 163. The molecule has 0 saturated carbocycles. The Morgan fingerprint density at radius 3 is 2.92 bits per heavy atom. The first-order valence-electron chi connectivity index (χ1n) is 5.35. The van der Waals surface area contributed by atoms with Gasteiger partial charge in [-0.1, -0.05) is 11.6 Å². The van der Waals surface area contributed by atoms with Gasteiger partial charge in [0.05, 0.1) is 0 Å². The summed E-state index contributed by atoms with van der Waals surface area (Å²) >= 11 is 0. The molecule has 76 valence electrons. The van der Waals surface area contributed by atoms with Crippen LogP contribution in [0, 0.1) is 0 Å². The van der Waals surface area contributed by atoms with Gasteiger partial charge in [-0.25, -0.2) is 0 Å². The molecular formula is C11H22N2. The van der Waals surface area contributed by atoms with Gasteiger partial charge in [0, 0.05) is 13.1 Å². The topological polar surface area (TPSA) is 15.3 Å². The van der Waals surface area contributed by atoms with Crippen LogP contribution in [0.5, 0.6) is 0 Å². The van der Waals surface area contributed by atoms with Crippen LogP contribution in [0.2, 0.25) is 0 Å². The summed E-state index contributed by atoms with van der Waals surface area (Å²) in [6.45, 7) is 7.10. The van der Waals surface area contributed by atoms with E-state index in [1.165, 1.54) is 38.9 Å². The highest BCUT2D eigenvalue weighted by molar-refractivity contribution is 5.03. The van der Waals surface area contributed by atoms with E-state index in [0.717, 1.165) is 6.54 Å². The van der Waals surface area contributed by atoms with Gasteiger partial charge in [-0.3, -0.25) is 4.90 Å². The number of rotatable bonds is 5. The minimum Gasteiger partial charge on any atom is -0.320 e. The zero-order chi connectivity index (χ0) is 9.52. The molecule has 1 N–H and O–H groups in total. The van der Waals surface area contributed by atoms with Crippen LogP contribution in [0.1, 0.15) is 26.2 Å². The molecule has 1 rings (SSSR count). The lowest BCUT2D eigenvalue weighted by molar-refractivity contribution is 0.287. The van der Waals surface area contributed by atoms with Crippen LogP contribution in [-0.2, 0) is 0 Å². The number of hydrogen-bond donors (Lipinski definition) is 1. The molecule has 0 atom stereocenters. The number of nitrogens with one attached hydrogen (secondary N) is 1. The maximum atomic E-state index is 3.18. The minimum atomic E-state index is 1.16. The second kappa shape index (κ2) is 6.17. The van der Waals surface area contributed by atoms with Gasteiger partial charge in [0.2, 0.25) is 0 Å². The van der Waals surface area contributed by atoms with Crippen molar-refractivity contribution in [1.82, 2.24) is 10.2 Å². The van der Waals surface area contributed by atoms with Crippen molar-refractivity contribution in [3.05, 3.63) is 11.6 Å². The summed E-state index contributed by atoms with van der Waals surface area (Å²) in [4.78, 5) is 2.54. The molecule has 1 aliphatic rings. The molecule has 0 amide bonds. The SMILES string of the molecule is CNCCCCN1CC=C(C)CC1. The molecular weight excluding hydrogens is 160 g/mol. The maximum Gasteiger partial charge on any atom is 0.0165 e. The molecule has 1 aliphatic heterocycles. The maximum absolute atomic E-state index is 3.18. The number of unbranched alkanes of at least 4 members (excludes halogenated alkanes) is 1. The van der Waals surface area contributed by atoms with Gasteiger partial charge in [-0.15, -0.1) is 0 Å². The smallest absolute Gasteiger partial charge is 0.0165 e. The average Bonchev–Trinajstić information content (AvgIpc) is 2.15. The van der Waals surface area contributed by atoms with E-state index in [1.807, 2.05) is 7.05 Å². The average molecular weight is 182 g/mol. The zero-order valence-electron chi connectivity index (χ0n) is 8.97. The fourth-order valence-corrected chi connectivity index (χ4v) is 1.65. The largest absolute Gasteiger partial charge is 0.320 e. The van der Waals surface area contributed by atoms with Crippen molar-refractivity contribution < 1.29 is 0 Å². The van der Waals surface area contributed by atoms with Crippen molar-refractivity contribution >= 4 is 0 Å². The van der Waals surface area contributed by atoms with Crippen molar-refractivity contribution in [3.63, 3.8) is 0 Å². The lowest BCUT2D eigenvalue weighted by Crippen LogP contribution is -2.29. The van der Waals surface area contributed by atoms with Crippen LogP contribution in [0.4, 0.5) is 0 Å². The third-order valence-corrected chi connectivity index (χ3v) is 2.67. The first-order valence-corrected chi connectivity index (χ1v) is 5.35. The lowest BCUT2D eigenvalue weighted by atomic mass is 10.1. The second-order valence-corrected chi connectivity index (χ2v) is 3.91. The molecule has 1 heterocycles. The van der Waals surface area contributed by atoms with Crippen LogP contribution < -0.4 is 5.32 Å². The molecule has 13 heavy (non-hydrogen) atoms. The fourth-order valence-electron chi connectivity index (χ4n) is 1.65.